The summed E-state index contributed by atoms with van der Waals surface area (Å²) in [5, 5.41) is 33.7. The molecule has 1 amide bonds. The van der Waals surface area contributed by atoms with Crippen LogP contribution in [0.2, 0.25) is 0 Å². The van der Waals surface area contributed by atoms with Crippen LogP contribution in [0.3, 0.4) is 0 Å². The molecule has 412 valence electrons. The first-order chi connectivity index (χ1) is 34.0. The van der Waals surface area contributed by atoms with Gasteiger partial charge in [-0.25, -0.2) is 0 Å². The molecular formula is C64H127NO4. The molecule has 0 aromatic heterocycles. The fourth-order valence-corrected chi connectivity index (χ4v) is 10.5. The number of aliphatic hydroxyl groups is 3. The molecule has 0 saturated carbocycles. The van der Waals surface area contributed by atoms with Crippen molar-refractivity contribution in [3.05, 3.63) is 12.2 Å². The summed E-state index contributed by atoms with van der Waals surface area (Å²) in [5.41, 5.74) is 0. The van der Waals surface area contributed by atoms with Crippen LogP contribution in [-0.2, 0) is 4.79 Å². The third-order valence-electron chi connectivity index (χ3n) is 15.3. The molecule has 5 nitrogen and oxygen atoms in total. The van der Waals surface area contributed by atoms with Crippen molar-refractivity contribution in [3.8, 4) is 0 Å². The molecule has 0 heterocycles. The third-order valence-corrected chi connectivity index (χ3v) is 15.3. The molecule has 69 heavy (non-hydrogen) atoms. The fourth-order valence-electron chi connectivity index (χ4n) is 10.5. The minimum atomic E-state index is -0.748. The molecule has 0 fully saturated rings. The molecule has 0 saturated heterocycles. The molecular weight excluding hydrogens is 847 g/mol. The van der Waals surface area contributed by atoms with Crippen molar-refractivity contribution < 1.29 is 20.1 Å². The third kappa shape index (κ3) is 56.2. The molecule has 5 heteroatoms. The van der Waals surface area contributed by atoms with Gasteiger partial charge in [-0.15, -0.1) is 0 Å². The van der Waals surface area contributed by atoms with E-state index in [0.717, 1.165) is 25.7 Å². The normalized spacial score (nSPS) is 13.2. The van der Waals surface area contributed by atoms with Gasteiger partial charge in [0.05, 0.1) is 31.3 Å². The number of hydrogen-bond donors (Lipinski definition) is 4. The van der Waals surface area contributed by atoms with Gasteiger partial charge < -0.3 is 20.6 Å². The summed E-state index contributed by atoms with van der Waals surface area (Å²) < 4.78 is 0. The minimum Gasteiger partial charge on any atom is -0.394 e. The van der Waals surface area contributed by atoms with E-state index in [0.29, 0.717) is 12.8 Å². The van der Waals surface area contributed by atoms with Crippen molar-refractivity contribution in [2.75, 3.05) is 6.61 Å². The molecule has 0 spiro atoms. The summed E-state index contributed by atoms with van der Waals surface area (Å²) in [6.07, 6.45) is 75.5. The van der Waals surface area contributed by atoms with E-state index in [9.17, 15) is 20.1 Å². The lowest BCUT2D eigenvalue weighted by molar-refractivity contribution is -0.125. The first-order valence-corrected chi connectivity index (χ1v) is 32.0. The second-order valence-electron chi connectivity index (χ2n) is 22.4. The molecule has 0 radical (unpaired) electrons. The molecule has 0 aliphatic heterocycles. The van der Waals surface area contributed by atoms with Crippen LogP contribution in [-0.4, -0.2) is 46.1 Å². The molecule has 3 atom stereocenters. The van der Waals surface area contributed by atoms with E-state index in [1.54, 1.807) is 0 Å². The molecule has 4 N–H and O–H groups in total. The summed E-state index contributed by atoms with van der Waals surface area (Å²) >= 11 is 0. The summed E-state index contributed by atoms with van der Waals surface area (Å²) in [5.74, 6) is -0.275. The predicted molar refractivity (Wildman–Crippen MR) is 305 cm³/mol. The number of rotatable bonds is 60. The maximum Gasteiger partial charge on any atom is 0.222 e. The highest BCUT2D eigenvalue weighted by atomic mass is 16.3. The van der Waals surface area contributed by atoms with Gasteiger partial charge in [-0.3, -0.25) is 4.79 Å². The van der Waals surface area contributed by atoms with E-state index in [-0.39, 0.29) is 18.9 Å². The zero-order valence-corrected chi connectivity index (χ0v) is 47.2. The van der Waals surface area contributed by atoms with Gasteiger partial charge >= 0.3 is 0 Å². The van der Waals surface area contributed by atoms with Gasteiger partial charge in [0.2, 0.25) is 5.91 Å². The Morgan fingerprint density at radius 1 is 0.348 bits per heavy atom. The Hall–Kier alpha value is -0.910. The van der Waals surface area contributed by atoms with Crippen molar-refractivity contribution in [1.29, 1.82) is 0 Å². The average Bonchev–Trinajstić information content (AvgIpc) is 3.35. The van der Waals surface area contributed by atoms with Crippen LogP contribution < -0.4 is 5.32 Å². The van der Waals surface area contributed by atoms with E-state index in [1.165, 1.54) is 308 Å². The Bertz CT molecular complexity index is 987. The van der Waals surface area contributed by atoms with Gasteiger partial charge in [0.25, 0.3) is 0 Å². The Kier molecular flexibility index (Phi) is 58.9. The van der Waals surface area contributed by atoms with E-state index in [2.05, 4.69) is 31.3 Å². The molecule has 0 rings (SSSR count). The first-order valence-electron chi connectivity index (χ1n) is 32.0. The highest BCUT2D eigenvalue weighted by Crippen LogP contribution is 2.19. The number of unbranched alkanes of at least 4 members (excludes halogenated alkanes) is 49. The van der Waals surface area contributed by atoms with Crippen LogP contribution >= 0.6 is 0 Å². The quantitative estimate of drug-likeness (QED) is 0.0361. The van der Waals surface area contributed by atoms with E-state index in [1.807, 2.05) is 0 Å². The zero-order chi connectivity index (χ0) is 50.0. The zero-order valence-electron chi connectivity index (χ0n) is 47.2. The molecule has 0 aliphatic carbocycles. The topological polar surface area (TPSA) is 89.8 Å². The van der Waals surface area contributed by atoms with Crippen LogP contribution in [0.25, 0.3) is 0 Å². The van der Waals surface area contributed by atoms with Crippen molar-refractivity contribution in [3.63, 3.8) is 0 Å². The number of carbonyl (C=O) groups excluding carboxylic acids is 1. The lowest BCUT2D eigenvalue weighted by Crippen LogP contribution is -2.46. The van der Waals surface area contributed by atoms with Crippen LogP contribution in [0.4, 0.5) is 0 Å². The summed E-state index contributed by atoms with van der Waals surface area (Å²) in [4.78, 5) is 12.6. The monoisotopic (exact) mass is 974 g/mol. The van der Waals surface area contributed by atoms with E-state index in [4.69, 9.17) is 0 Å². The molecule has 0 aliphatic rings. The van der Waals surface area contributed by atoms with E-state index < -0.39 is 18.2 Å². The van der Waals surface area contributed by atoms with Gasteiger partial charge in [-0.1, -0.05) is 334 Å². The van der Waals surface area contributed by atoms with Crippen molar-refractivity contribution in [1.82, 2.24) is 5.32 Å². The highest BCUT2D eigenvalue weighted by Gasteiger charge is 2.21. The number of aliphatic hydroxyl groups excluding tert-OH is 3. The van der Waals surface area contributed by atoms with E-state index >= 15 is 0 Å². The number of carbonyl (C=O) groups is 1. The van der Waals surface area contributed by atoms with Gasteiger partial charge in [0, 0.05) is 0 Å². The summed E-state index contributed by atoms with van der Waals surface area (Å²) in [7, 11) is 0. The van der Waals surface area contributed by atoms with Gasteiger partial charge in [-0.2, -0.15) is 0 Å². The lowest BCUT2D eigenvalue weighted by atomic mass is 10.0. The molecule has 0 bridgehead atoms. The smallest absolute Gasteiger partial charge is 0.222 e. The predicted octanol–water partition coefficient (Wildman–Crippen LogP) is 20.2. The Labute approximate surface area is 433 Å². The first kappa shape index (κ1) is 68.1. The van der Waals surface area contributed by atoms with Gasteiger partial charge in [-0.05, 0) is 38.5 Å². The van der Waals surface area contributed by atoms with Crippen molar-refractivity contribution >= 4 is 5.91 Å². The number of nitrogens with one attached hydrogen (secondary N) is 1. The summed E-state index contributed by atoms with van der Waals surface area (Å²) in [6, 6.07) is -0.657. The molecule has 3 unspecified atom stereocenters. The second-order valence-corrected chi connectivity index (χ2v) is 22.4. The minimum absolute atomic E-state index is 0.0415. The van der Waals surface area contributed by atoms with Gasteiger partial charge in [0.15, 0.2) is 0 Å². The largest absolute Gasteiger partial charge is 0.394 e. The van der Waals surface area contributed by atoms with Gasteiger partial charge in [0.1, 0.15) is 0 Å². The fraction of sp³-hybridized carbons (Fsp3) is 0.953. The number of allylic oxidation sites excluding steroid dienone is 2. The highest BCUT2D eigenvalue weighted by molar-refractivity contribution is 5.76. The summed E-state index contributed by atoms with van der Waals surface area (Å²) in [6.45, 7) is 4.31. The Morgan fingerprint density at radius 3 is 0.841 bits per heavy atom. The van der Waals surface area contributed by atoms with Crippen LogP contribution in [0.15, 0.2) is 12.2 Å². The standard InChI is InChI=1S/C64H127NO4/c1-3-5-7-9-11-13-15-17-19-21-23-25-26-27-28-29-30-31-32-33-34-35-36-38-39-41-43-45-47-49-51-53-55-57-61(67)59-64(69)65-62(60-66)63(68)58-56-54-52-50-48-46-44-42-40-37-24-22-20-18-16-14-12-10-8-6-4-2/h29-30,61-63,66-68H,3-28,31-60H2,1-2H3,(H,65,69)/b30-29-. The number of hydrogen-bond acceptors (Lipinski definition) is 4. The molecule has 0 aromatic rings. The van der Waals surface area contributed by atoms with Crippen LogP contribution in [0.5, 0.6) is 0 Å². The number of amides is 1. The lowest BCUT2D eigenvalue weighted by Gasteiger charge is -2.23. The maximum absolute atomic E-state index is 12.6. The Morgan fingerprint density at radius 2 is 0.580 bits per heavy atom. The van der Waals surface area contributed by atoms with Crippen LogP contribution in [0.1, 0.15) is 367 Å². The average molecular weight is 975 g/mol. The Balaban J connectivity index is 3.46. The molecule has 0 aromatic carbocycles. The second kappa shape index (κ2) is 59.7. The SMILES string of the molecule is CCCCCCCCCCCCCCCC/C=C\CCCCCCCCCCCCCCCCCC(O)CC(=O)NC(CO)C(O)CCCCCCCCCCCCCCCCCCCCCCC. The van der Waals surface area contributed by atoms with Crippen molar-refractivity contribution in [2.24, 2.45) is 0 Å². The van der Waals surface area contributed by atoms with Crippen molar-refractivity contribution in [2.45, 2.75) is 385 Å². The maximum atomic E-state index is 12.6. The van der Waals surface area contributed by atoms with Crippen LogP contribution in [0, 0.1) is 0 Å².